The number of phenols is 1. The minimum absolute atomic E-state index is 0.0567. The summed E-state index contributed by atoms with van der Waals surface area (Å²) in [5.74, 6) is 0.468. The third kappa shape index (κ3) is 2.47. The number of hydrogen-bond acceptors (Lipinski definition) is 2. The molecular weight excluding hydrogens is 212 g/mol. The molecule has 0 heterocycles. The lowest BCUT2D eigenvalue weighted by atomic mass is 9.90. The molecule has 1 aliphatic carbocycles. The Labute approximate surface area is 101 Å². The molecule has 0 saturated heterocycles. The van der Waals surface area contributed by atoms with Crippen LogP contribution in [0.5, 0.6) is 5.75 Å². The summed E-state index contributed by atoms with van der Waals surface area (Å²) < 4.78 is 0. The second kappa shape index (κ2) is 4.58. The van der Waals surface area contributed by atoms with Crippen molar-refractivity contribution in [3.05, 3.63) is 47.6 Å². The van der Waals surface area contributed by atoms with Crippen LogP contribution in [0.4, 0.5) is 0 Å². The summed E-state index contributed by atoms with van der Waals surface area (Å²) in [6.07, 6.45) is 7.24. The molecule has 0 bridgehead atoms. The van der Waals surface area contributed by atoms with Crippen molar-refractivity contribution in [3.63, 3.8) is 0 Å². The number of phenolic OH excluding ortho intramolecular Hbond substituents is 1. The smallest absolute Gasteiger partial charge is 0.163 e. The van der Waals surface area contributed by atoms with Crippen LogP contribution >= 0.6 is 0 Å². The molecule has 1 aromatic rings. The number of carbonyl (C=O) groups is 1. The standard InChI is InChI=1S/C15H16O2/c1-10-4-3-5-12(8-10)13-6-7-15(17)14(9-13)11(2)16/h3-7,9-10,17H,8H2,1-2H3. The first-order chi connectivity index (χ1) is 8.08. The molecule has 2 rings (SSSR count). The number of carbonyl (C=O) groups excluding carboxylic acids is 1. The van der Waals surface area contributed by atoms with E-state index in [1.54, 1.807) is 12.1 Å². The van der Waals surface area contributed by atoms with Crippen LogP contribution in [0.15, 0.2) is 36.4 Å². The SMILES string of the molecule is CC(=O)c1cc(C2=CC=CC(C)C2)ccc1O. The van der Waals surface area contributed by atoms with E-state index < -0.39 is 0 Å². The highest BCUT2D eigenvalue weighted by atomic mass is 16.3. The van der Waals surface area contributed by atoms with Gasteiger partial charge in [-0.15, -0.1) is 0 Å². The van der Waals surface area contributed by atoms with Crippen LogP contribution in [0.2, 0.25) is 0 Å². The Morgan fingerprint density at radius 1 is 1.41 bits per heavy atom. The van der Waals surface area contributed by atoms with Gasteiger partial charge in [0.1, 0.15) is 5.75 Å². The van der Waals surface area contributed by atoms with Crippen molar-refractivity contribution in [3.8, 4) is 5.75 Å². The Balaban J connectivity index is 2.40. The van der Waals surface area contributed by atoms with Gasteiger partial charge in [-0.05, 0) is 42.5 Å². The molecule has 1 aliphatic rings. The van der Waals surface area contributed by atoms with Crippen molar-refractivity contribution in [1.29, 1.82) is 0 Å². The zero-order chi connectivity index (χ0) is 12.4. The minimum atomic E-state index is -0.107. The monoisotopic (exact) mass is 228 g/mol. The average Bonchev–Trinajstić information content (AvgIpc) is 2.29. The molecule has 0 radical (unpaired) electrons. The van der Waals surface area contributed by atoms with Crippen LogP contribution in [0.25, 0.3) is 5.57 Å². The maximum absolute atomic E-state index is 11.4. The summed E-state index contributed by atoms with van der Waals surface area (Å²) in [7, 11) is 0. The van der Waals surface area contributed by atoms with Gasteiger partial charge in [0, 0.05) is 0 Å². The van der Waals surface area contributed by atoms with E-state index in [0.29, 0.717) is 11.5 Å². The fourth-order valence-electron chi connectivity index (χ4n) is 2.08. The summed E-state index contributed by atoms with van der Waals surface area (Å²) in [5, 5.41) is 9.60. The van der Waals surface area contributed by atoms with Gasteiger partial charge < -0.3 is 5.11 Å². The fraction of sp³-hybridized carbons (Fsp3) is 0.267. The summed E-state index contributed by atoms with van der Waals surface area (Å²) in [4.78, 5) is 11.4. The van der Waals surface area contributed by atoms with E-state index >= 15 is 0 Å². The number of allylic oxidation sites excluding steroid dienone is 4. The van der Waals surface area contributed by atoms with Crippen molar-refractivity contribution < 1.29 is 9.90 Å². The first-order valence-corrected chi connectivity index (χ1v) is 5.79. The van der Waals surface area contributed by atoms with Crippen LogP contribution < -0.4 is 0 Å². The summed E-state index contributed by atoms with van der Waals surface area (Å²) in [6, 6.07) is 5.23. The van der Waals surface area contributed by atoms with Gasteiger partial charge in [-0.2, -0.15) is 0 Å². The maximum Gasteiger partial charge on any atom is 0.163 e. The molecule has 1 atom stereocenters. The Morgan fingerprint density at radius 2 is 2.18 bits per heavy atom. The van der Waals surface area contributed by atoms with E-state index in [4.69, 9.17) is 0 Å². The molecule has 2 nitrogen and oxygen atoms in total. The minimum Gasteiger partial charge on any atom is -0.507 e. The molecule has 0 spiro atoms. The molecule has 0 aromatic heterocycles. The number of aromatic hydroxyl groups is 1. The number of hydrogen-bond donors (Lipinski definition) is 1. The van der Waals surface area contributed by atoms with E-state index in [2.05, 4.69) is 19.1 Å². The van der Waals surface area contributed by atoms with Crippen LogP contribution in [-0.4, -0.2) is 10.9 Å². The van der Waals surface area contributed by atoms with Crippen molar-refractivity contribution in [2.24, 2.45) is 5.92 Å². The second-order valence-corrected chi connectivity index (χ2v) is 4.55. The Kier molecular flexibility index (Phi) is 3.14. The number of benzene rings is 1. The largest absolute Gasteiger partial charge is 0.507 e. The van der Waals surface area contributed by atoms with Gasteiger partial charge in [-0.3, -0.25) is 4.79 Å². The molecule has 1 unspecified atom stereocenters. The highest BCUT2D eigenvalue weighted by Gasteiger charge is 2.12. The van der Waals surface area contributed by atoms with E-state index in [9.17, 15) is 9.90 Å². The lowest BCUT2D eigenvalue weighted by Crippen LogP contribution is -1.99. The summed E-state index contributed by atoms with van der Waals surface area (Å²) in [5.41, 5.74) is 2.62. The number of ketones is 1. The summed E-state index contributed by atoms with van der Waals surface area (Å²) >= 11 is 0. The van der Waals surface area contributed by atoms with Gasteiger partial charge >= 0.3 is 0 Å². The summed E-state index contributed by atoms with van der Waals surface area (Å²) in [6.45, 7) is 3.63. The average molecular weight is 228 g/mol. The van der Waals surface area contributed by atoms with Gasteiger partial charge in [-0.25, -0.2) is 0 Å². The van der Waals surface area contributed by atoms with E-state index in [-0.39, 0.29) is 11.5 Å². The van der Waals surface area contributed by atoms with E-state index in [1.165, 1.54) is 12.5 Å². The molecular formula is C15H16O2. The molecule has 1 aromatic carbocycles. The third-order valence-corrected chi connectivity index (χ3v) is 3.03. The highest BCUT2D eigenvalue weighted by Crippen LogP contribution is 2.29. The Bertz CT molecular complexity index is 510. The number of Topliss-reactive ketones (excluding diaryl/α,β-unsaturated/α-hetero) is 1. The topological polar surface area (TPSA) is 37.3 Å². The lowest BCUT2D eigenvalue weighted by molar-refractivity contribution is 0.101. The van der Waals surface area contributed by atoms with Crippen molar-refractivity contribution >= 4 is 11.4 Å². The highest BCUT2D eigenvalue weighted by molar-refractivity contribution is 5.97. The molecule has 0 aliphatic heterocycles. The molecule has 88 valence electrons. The van der Waals surface area contributed by atoms with Gasteiger partial charge in [0.05, 0.1) is 5.56 Å². The van der Waals surface area contributed by atoms with Crippen molar-refractivity contribution in [1.82, 2.24) is 0 Å². The van der Waals surface area contributed by atoms with Crippen LogP contribution in [0.1, 0.15) is 36.2 Å². The fourth-order valence-corrected chi connectivity index (χ4v) is 2.08. The van der Waals surface area contributed by atoms with Gasteiger partial charge in [0.25, 0.3) is 0 Å². The molecule has 0 fully saturated rings. The first kappa shape index (κ1) is 11.6. The van der Waals surface area contributed by atoms with E-state index in [1.807, 2.05) is 12.1 Å². The quantitative estimate of drug-likeness (QED) is 0.786. The van der Waals surface area contributed by atoms with Crippen molar-refractivity contribution in [2.45, 2.75) is 20.3 Å². The van der Waals surface area contributed by atoms with Gasteiger partial charge in [0.2, 0.25) is 0 Å². The number of rotatable bonds is 2. The maximum atomic E-state index is 11.4. The normalized spacial score (nSPS) is 18.9. The van der Waals surface area contributed by atoms with E-state index in [0.717, 1.165) is 12.0 Å². The van der Waals surface area contributed by atoms with Crippen LogP contribution in [0.3, 0.4) is 0 Å². The third-order valence-electron chi connectivity index (χ3n) is 3.03. The predicted molar refractivity (Wildman–Crippen MR) is 69.0 cm³/mol. The Morgan fingerprint density at radius 3 is 2.82 bits per heavy atom. The van der Waals surface area contributed by atoms with Gasteiger partial charge in [-0.1, -0.05) is 31.2 Å². The Hall–Kier alpha value is -1.83. The molecule has 0 saturated carbocycles. The zero-order valence-corrected chi connectivity index (χ0v) is 10.1. The van der Waals surface area contributed by atoms with Crippen molar-refractivity contribution in [2.75, 3.05) is 0 Å². The molecule has 17 heavy (non-hydrogen) atoms. The van der Waals surface area contributed by atoms with Gasteiger partial charge in [0.15, 0.2) is 5.78 Å². The first-order valence-electron chi connectivity index (χ1n) is 5.79. The molecule has 0 amide bonds. The second-order valence-electron chi connectivity index (χ2n) is 4.55. The lowest BCUT2D eigenvalue weighted by Gasteiger charge is -2.15. The predicted octanol–water partition coefficient (Wildman–Crippen LogP) is 3.57. The van der Waals surface area contributed by atoms with Crippen LogP contribution in [0, 0.1) is 5.92 Å². The van der Waals surface area contributed by atoms with Crippen LogP contribution in [-0.2, 0) is 0 Å². The molecule has 1 N–H and O–H groups in total. The zero-order valence-electron chi connectivity index (χ0n) is 10.1. The molecule has 2 heteroatoms.